The molecule has 0 amide bonds. The highest BCUT2D eigenvalue weighted by molar-refractivity contribution is 9.10. The molecule has 0 aliphatic heterocycles. The predicted octanol–water partition coefficient (Wildman–Crippen LogP) is 3.13. The molecule has 4 nitrogen and oxygen atoms in total. The summed E-state index contributed by atoms with van der Waals surface area (Å²) in [5, 5.41) is 13.1. The van der Waals surface area contributed by atoms with Crippen molar-refractivity contribution >= 4 is 15.9 Å². The summed E-state index contributed by atoms with van der Waals surface area (Å²) in [4.78, 5) is 0. The highest BCUT2D eigenvalue weighted by Crippen LogP contribution is 2.18. The summed E-state index contributed by atoms with van der Waals surface area (Å²) in [7, 11) is 0. The third kappa shape index (κ3) is 4.67. The average molecular weight is 340 g/mol. The zero-order valence-corrected chi connectivity index (χ0v) is 12.8. The molecule has 0 aliphatic carbocycles. The molecule has 1 heterocycles. The Balaban J connectivity index is 1.71. The molecule has 0 saturated carbocycles. The zero-order valence-electron chi connectivity index (χ0n) is 11.3. The Morgan fingerprint density at radius 3 is 2.90 bits per heavy atom. The molecule has 2 atom stereocenters. The number of halogens is 1. The van der Waals surface area contributed by atoms with Crippen LogP contribution in [0.25, 0.3) is 0 Å². The lowest BCUT2D eigenvalue weighted by Gasteiger charge is -2.16. The predicted molar refractivity (Wildman–Crippen MR) is 80.8 cm³/mol. The molecule has 108 valence electrons. The topological polar surface area (TPSA) is 54.6 Å². The molecule has 2 rings (SSSR count). The summed E-state index contributed by atoms with van der Waals surface area (Å²) >= 11 is 3.38. The van der Waals surface area contributed by atoms with E-state index >= 15 is 0 Å². The largest absolute Gasteiger partial charge is 0.491 e. The van der Waals surface area contributed by atoms with Gasteiger partial charge in [-0.3, -0.25) is 0 Å². The van der Waals surface area contributed by atoms with Crippen molar-refractivity contribution in [1.29, 1.82) is 0 Å². The van der Waals surface area contributed by atoms with Gasteiger partial charge in [-0.2, -0.15) is 0 Å². The first-order chi connectivity index (χ1) is 9.65. The Hall–Kier alpha value is -1.30. The van der Waals surface area contributed by atoms with Gasteiger partial charge in [-0.1, -0.05) is 22.0 Å². The van der Waals surface area contributed by atoms with Crippen molar-refractivity contribution in [2.75, 3.05) is 13.2 Å². The summed E-state index contributed by atoms with van der Waals surface area (Å²) in [5.41, 5.74) is 0. The number of nitrogens with one attached hydrogen (secondary N) is 1. The molecule has 0 spiro atoms. The highest BCUT2D eigenvalue weighted by atomic mass is 79.9. The Bertz CT molecular complexity index is 516. The third-order valence-corrected chi connectivity index (χ3v) is 3.36. The second-order valence-electron chi connectivity index (χ2n) is 4.57. The number of aliphatic hydroxyl groups excluding tert-OH is 1. The summed E-state index contributed by atoms with van der Waals surface area (Å²) in [6.45, 7) is 2.67. The molecular weight excluding hydrogens is 322 g/mol. The minimum atomic E-state index is -0.577. The van der Waals surface area contributed by atoms with Crippen molar-refractivity contribution in [1.82, 2.24) is 5.32 Å². The molecule has 1 unspecified atom stereocenters. The van der Waals surface area contributed by atoms with E-state index in [1.807, 2.05) is 43.3 Å². The van der Waals surface area contributed by atoms with Gasteiger partial charge in [0.25, 0.3) is 0 Å². The van der Waals surface area contributed by atoms with Crippen molar-refractivity contribution in [2.45, 2.75) is 19.1 Å². The number of hydrogen-bond donors (Lipinski definition) is 2. The zero-order chi connectivity index (χ0) is 14.4. The lowest BCUT2D eigenvalue weighted by Crippen LogP contribution is -2.32. The van der Waals surface area contributed by atoms with Gasteiger partial charge < -0.3 is 19.6 Å². The fraction of sp³-hybridized carbons (Fsp3) is 0.333. The minimum absolute atomic E-state index is 0.0607. The molecule has 0 saturated heterocycles. The van der Waals surface area contributed by atoms with E-state index in [0.717, 1.165) is 16.0 Å². The maximum Gasteiger partial charge on any atom is 0.120 e. The lowest BCUT2D eigenvalue weighted by molar-refractivity contribution is 0.103. The first-order valence-corrected chi connectivity index (χ1v) is 7.27. The second kappa shape index (κ2) is 7.47. The van der Waals surface area contributed by atoms with E-state index in [-0.39, 0.29) is 12.6 Å². The number of rotatable bonds is 7. The third-order valence-electron chi connectivity index (χ3n) is 2.87. The summed E-state index contributed by atoms with van der Waals surface area (Å²) in [6.07, 6.45) is 1.06. The van der Waals surface area contributed by atoms with Crippen LogP contribution in [0, 0.1) is 0 Å². The molecule has 20 heavy (non-hydrogen) atoms. The van der Waals surface area contributed by atoms with Crippen molar-refractivity contribution in [2.24, 2.45) is 0 Å². The van der Waals surface area contributed by atoms with Gasteiger partial charge >= 0.3 is 0 Å². The first kappa shape index (κ1) is 15.1. The lowest BCUT2D eigenvalue weighted by atomic mass is 10.2. The van der Waals surface area contributed by atoms with Crippen LogP contribution in [-0.4, -0.2) is 24.4 Å². The maximum absolute atomic E-state index is 9.90. The van der Waals surface area contributed by atoms with Crippen LogP contribution < -0.4 is 10.1 Å². The SMILES string of the molecule is C[C@H](NCC(O)COc1cccc(Br)c1)c1ccco1. The van der Waals surface area contributed by atoms with E-state index in [1.165, 1.54) is 0 Å². The Morgan fingerprint density at radius 2 is 2.20 bits per heavy atom. The smallest absolute Gasteiger partial charge is 0.120 e. The molecule has 0 aliphatic rings. The molecule has 2 aromatic rings. The van der Waals surface area contributed by atoms with Crippen LogP contribution in [0.15, 0.2) is 51.6 Å². The molecule has 1 aromatic heterocycles. The van der Waals surface area contributed by atoms with Gasteiger partial charge in [0.1, 0.15) is 24.2 Å². The van der Waals surface area contributed by atoms with E-state index in [9.17, 15) is 5.11 Å². The van der Waals surface area contributed by atoms with E-state index in [1.54, 1.807) is 6.26 Å². The van der Waals surface area contributed by atoms with Crippen LogP contribution in [0.2, 0.25) is 0 Å². The number of ether oxygens (including phenoxy) is 1. The van der Waals surface area contributed by atoms with Crippen molar-refractivity contribution in [3.63, 3.8) is 0 Å². The van der Waals surface area contributed by atoms with Crippen LogP contribution >= 0.6 is 15.9 Å². The Kier molecular flexibility index (Phi) is 5.64. The van der Waals surface area contributed by atoms with Crippen molar-refractivity contribution in [3.8, 4) is 5.75 Å². The summed E-state index contributed by atoms with van der Waals surface area (Å²) in [5.74, 6) is 1.59. The Labute approximate surface area is 126 Å². The second-order valence-corrected chi connectivity index (χ2v) is 5.48. The number of hydrogen-bond acceptors (Lipinski definition) is 4. The normalized spacial score (nSPS) is 13.9. The summed E-state index contributed by atoms with van der Waals surface area (Å²) in [6, 6.07) is 11.4. The van der Waals surface area contributed by atoms with Gasteiger partial charge in [0.15, 0.2) is 0 Å². The maximum atomic E-state index is 9.90. The van der Waals surface area contributed by atoms with Crippen LogP contribution in [0.5, 0.6) is 5.75 Å². The van der Waals surface area contributed by atoms with Crippen molar-refractivity contribution < 1.29 is 14.3 Å². The van der Waals surface area contributed by atoms with Gasteiger partial charge in [-0.05, 0) is 37.3 Å². The van der Waals surface area contributed by atoms with Gasteiger partial charge in [-0.25, -0.2) is 0 Å². The fourth-order valence-corrected chi connectivity index (χ4v) is 2.14. The standard InChI is InChI=1S/C15H18BrNO3/c1-11(15-6-3-7-19-15)17-9-13(18)10-20-14-5-2-4-12(16)8-14/h2-8,11,13,17-18H,9-10H2,1H3/t11-,13?/m0/s1. The van der Waals surface area contributed by atoms with E-state index in [4.69, 9.17) is 9.15 Å². The highest BCUT2D eigenvalue weighted by Gasteiger charge is 2.11. The van der Waals surface area contributed by atoms with Gasteiger partial charge in [0.2, 0.25) is 0 Å². The van der Waals surface area contributed by atoms with Crippen LogP contribution in [0.4, 0.5) is 0 Å². The van der Waals surface area contributed by atoms with Crippen LogP contribution in [-0.2, 0) is 0 Å². The number of benzene rings is 1. The van der Waals surface area contributed by atoms with Crippen LogP contribution in [0.3, 0.4) is 0 Å². The van der Waals surface area contributed by atoms with Gasteiger partial charge in [0, 0.05) is 11.0 Å². The van der Waals surface area contributed by atoms with E-state index in [2.05, 4.69) is 21.2 Å². The molecule has 0 radical (unpaired) electrons. The molecule has 5 heteroatoms. The van der Waals surface area contributed by atoms with E-state index < -0.39 is 6.10 Å². The van der Waals surface area contributed by atoms with Crippen molar-refractivity contribution in [3.05, 3.63) is 52.9 Å². The minimum Gasteiger partial charge on any atom is -0.491 e. The van der Waals surface area contributed by atoms with Crippen LogP contribution in [0.1, 0.15) is 18.7 Å². The van der Waals surface area contributed by atoms with E-state index in [0.29, 0.717) is 6.54 Å². The molecular formula is C15H18BrNO3. The average Bonchev–Trinajstić information content (AvgIpc) is 2.97. The fourth-order valence-electron chi connectivity index (χ4n) is 1.76. The molecule has 0 fully saturated rings. The number of furan rings is 1. The molecule has 1 aromatic carbocycles. The molecule has 2 N–H and O–H groups in total. The summed E-state index contributed by atoms with van der Waals surface area (Å²) < 4.78 is 11.8. The monoisotopic (exact) mass is 339 g/mol. The Morgan fingerprint density at radius 1 is 1.35 bits per heavy atom. The quantitative estimate of drug-likeness (QED) is 0.813. The van der Waals surface area contributed by atoms with Gasteiger partial charge in [-0.15, -0.1) is 0 Å². The molecule has 0 bridgehead atoms. The number of aliphatic hydroxyl groups is 1. The first-order valence-electron chi connectivity index (χ1n) is 6.48. The van der Waals surface area contributed by atoms with Gasteiger partial charge in [0.05, 0.1) is 12.3 Å².